The molecule has 0 atom stereocenters. The number of aromatic nitrogens is 2. The summed E-state index contributed by atoms with van der Waals surface area (Å²) in [6.45, 7) is 0. The fourth-order valence-corrected chi connectivity index (χ4v) is 2.27. The van der Waals surface area contributed by atoms with Gasteiger partial charge in [0.25, 0.3) is 5.56 Å². The van der Waals surface area contributed by atoms with E-state index in [0.717, 1.165) is 22.6 Å². The van der Waals surface area contributed by atoms with Crippen LogP contribution in [0.15, 0.2) is 59.5 Å². The third-order valence-electron chi connectivity index (χ3n) is 3.55. The lowest BCUT2D eigenvalue weighted by Crippen LogP contribution is -2.11. The van der Waals surface area contributed by atoms with Crippen LogP contribution in [0.2, 0.25) is 0 Å². The summed E-state index contributed by atoms with van der Waals surface area (Å²) in [6, 6.07) is 14.6. The summed E-state index contributed by atoms with van der Waals surface area (Å²) < 4.78 is 10.2. The second-order valence-electron chi connectivity index (χ2n) is 4.93. The zero-order valence-corrected chi connectivity index (χ0v) is 12.9. The summed E-state index contributed by atoms with van der Waals surface area (Å²) in [7, 11) is 3.21. The van der Waals surface area contributed by atoms with Gasteiger partial charge < -0.3 is 14.5 Å². The SMILES string of the molecule is COc1ccc(-c2cnc(-c3ccc(OC)cc3)c(=O)[nH]2)cc1. The maximum atomic E-state index is 12.3. The number of aromatic amines is 1. The third-order valence-corrected chi connectivity index (χ3v) is 3.55. The molecule has 3 rings (SSSR count). The molecule has 0 saturated heterocycles. The fourth-order valence-electron chi connectivity index (χ4n) is 2.27. The minimum Gasteiger partial charge on any atom is -0.497 e. The highest BCUT2D eigenvalue weighted by atomic mass is 16.5. The van der Waals surface area contributed by atoms with Crippen LogP contribution in [0.3, 0.4) is 0 Å². The zero-order valence-electron chi connectivity index (χ0n) is 12.9. The van der Waals surface area contributed by atoms with Gasteiger partial charge >= 0.3 is 0 Å². The van der Waals surface area contributed by atoms with Gasteiger partial charge in [-0.2, -0.15) is 0 Å². The van der Waals surface area contributed by atoms with Crippen molar-refractivity contribution in [1.82, 2.24) is 9.97 Å². The molecule has 1 aromatic heterocycles. The molecule has 1 N–H and O–H groups in total. The highest BCUT2D eigenvalue weighted by Gasteiger charge is 2.07. The van der Waals surface area contributed by atoms with Crippen molar-refractivity contribution in [2.45, 2.75) is 0 Å². The van der Waals surface area contributed by atoms with Crippen molar-refractivity contribution in [1.29, 1.82) is 0 Å². The number of hydrogen-bond acceptors (Lipinski definition) is 4. The van der Waals surface area contributed by atoms with E-state index in [-0.39, 0.29) is 5.56 Å². The predicted molar refractivity (Wildman–Crippen MR) is 88.8 cm³/mol. The number of H-pyrrole nitrogens is 1. The molecule has 0 spiro atoms. The lowest BCUT2D eigenvalue weighted by atomic mass is 10.1. The fraction of sp³-hybridized carbons (Fsp3) is 0.111. The molecule has 116 valence electrons. The molecule has 0 bridgehead atoms. The van der Waals surface area contributed by atoms with Crippen molar-refractivity contribution in [3.05, 3.63) is 65.1 Å². The third kappa shape index (κ3) is 3.08. The Bertz CT molecular complexity index is 853. The van der Waals surface area contributed by atoms with E-state index in [9.17, 15) is 4.79 Å². The molecule has 0 aliphatic carbocycles. The van der Waals surface area contributed by atoms with Gasteiger partial charge in [-0.15, -0.1) is 0 Å². The van der Waals surface area contributed by atoms with Crippen molar-refractivity contribution >= 4 is 0 Å². The van der Waals surface area contributed by atoms with Gasteiger partial charge in [-0.3, -0.25) is 4.79 Å². The van der Waals surface area contributed by atoms with Gasteiger partial charge in [0.1, 0.15) is 17.2 Å². The van der Waals surface area contributed by atoms with Crippen LogP contribution in [0.4, 0.5) is 0 Å². The van der Waals surface area contributed by atoms with Crippen LogP contribution < -0.4 is 15.0 Å². The van der Waals surface area contributed by atoms with E-state index in [1.165, 1.54) is 0 Å². The van der Waals surface area contributed by atoms with Crippen LogP contribution in [0.5, 0.6) is 11.5 Å². The number of ether oxygens (including phenoxy) is 2. The van der Waals surface area contributed by atoms with Gasteiger partial charge in [-0.25, -0.2) is 4.98 Å². The topological polar surface area (TPSA) is 64.2 Å². The van der Waals surface area contributed by atoms with E-state index in [1.807, 2.05) is 36.4 Å². The summed E-state index contributed by atoms with van der Waals surface area (Å²) >= 11 is 0. The lowest BCUT2D eigenvalue weighted by Gasteiger charge is -2.06. The highest BCUT2D eigenvalue weighted by molar-refractivity contribution is 5.63. The van der Waals surface area contributed by atoms with Crippen molar-refractivity contribution < 1.29 is 9.47 Å². The summed E-state index contributed by atoms with van der Waals surface area (Å²) in [5.41, 5.74) is 2.42. The van der Waals surface area contributed by atoms with Crippen LogP contribution in [-0.4, -0.2) is 24.2 Å². The molecule has 0 unspecified atom stereocenters. The first-order chi connectivity index (χ1) is 11.2. The molecule has 0 aliphatic rings. The average Bonchev–Trinajstić information content (AvgIpc) is 2.62. The van der Waals surface area contributed by atoms with Gasteiger partial charge in [0, 0.05) is 5.56 Å². The van der Waals surface area contributed by atoms with Crippen molar-refractivity contribution in [2.75, 3.05) is 14.2 Å². The van der Waals surface area contributed by atoms with Gasteiger partial charge in [0.2, 0.25) is 0 Å². The number of rotatable bonds is 4. The van der Waals surface area contributed by atoms with Crippen molar-refractivity contribution in [2.24, 2.45) is 0 Å². The van der Waals surface area contributed by atoms with E-state index < -0.39 is 0 Å². The number of nitrogens with zero attached hydrogens (tertiary/aromatic N) is 1. The molecule has 0 amide bonds. The van der Waals surface area contributed by atoms with Gasteiger partial charge in [0.05, 0.1) is 26.1 Å². The quantitative estimate of drug-likeness (QED) is 0.804. The first-order valence-corrected chi connectivity index (χ1v) is 7.09. The molecule has 23 heavy (non-hydrogen) atoms. The molecule has 3 aromatic rings. The maximum Gasteiger partial charge on any atom is 0.274 e. The monoisotopic (exact) mass is 308 g/mol. The van der Waals surface area contributed by atoms with Gasteiger partial charge in [0.15, 0.2) is 0 Å². The van der Waals surface area contributed by atoms with Crippen LogP contribution in [0.25, 0.3) is 22.5 Å². The van der Waals surface area contributed by atoms with E-state index in [4.69, 9.17) is 9.47 Å². The summed E-state index contributed by atoms with van der Waals surface area (Å²) in [5, 5.41) is 0. The Morgan fingerprint density at radius 3 is 1.83 bits per heavy atom. The second-order valence-corrected chi connectivity index (χ2v) is 4.93. The number of hydrogen-bond donors (Lipinski definition) is 1. The molecule has 2 aromatic carbocycles. The molecule has 5 nitrogen and oxygen atoms in total. The summed E-state index contributed by atoms with van der Waals surface area (Å²) in [6.07, 6.45) is 1.66. The molecule has 0 saturated carbocycles. The summed E-state index contributed by atoms with van der Waals surface area (Å²) in [4.78, 5) is 19.5. The molecule has 0 fully saturated rings. The van der Waals surface area contributed by atoms with Crippen LogP contribution in [0.1, 0.15) is 0 Å². The Kier molecular flexibility index (Phi) is 4.10. The van der Waals surface area contributed by atoms with Crippen LogP contribution in [-0.2, 0) is 0 Å². The number of methoxy groups -OCH3 is 2. The number of benzene rings is 2. The Labute approximate surface area is 133 Å². The minimum absolute atomic E-state index is 0.233. The average molecular weight is 308 g/mol. The van der Waals surface area contributed by atoms with E-state index in [0.29, 0.717) is 11.4 Å². The van der Waals surface area contributed by atoms with Crippen molar-refractivity contribution in [3.63, 3.8) is 0 Å². The van der Waals surface area contributed by atoms with Crippen LogP contribution >= 0.6 is 0 Å². The second kappa shape index (κ2) is 6.36. The van der Waals surface area contributed by atoms with E-state index >= 15 is 0 Å². The smallest absolute Gasteiger partial charge is 0.274 e. The summed E-state index contributed by atoms with van der Waals surface area (Å²) in [5.74, 6) is 1.50. The predicted octanol–water partition coefficient (Wildman–Crippen LogP) is 3.12. The minimum atomic E-state index is -0.233. The molecule has 5 heteroatoms. The molecular weight excluding hydrogens is 292 g/mol. The van der Waals surface area contributed by atoms with E-state index in [1.54, 1.807) is 32.5 Å². The first-order valence-electron chi connectivity index (χ1n) is 7.09. The lowest BCUT2D eigenvalue weighted by molar-refractivity contribution is 0.414. The van der Waals surface area contributed by atoms with Crippen LogP contribution in [0, 0.1) is 0 Å². The Morgan fingerprint density at radius 2 is 1.35 bits per heavy atom. The Balaban J connectivity index is 1.94. The first kappa shape index (κ1) is 14.8. The zero-order chi connectivity index (χ0) is 16.2. The molecule has 0 radical (unpaired) electrons. The van der Waals surface area contributed by atoms with Crippen molar-refractivity contribution in [3.8, 4) is 34.0 Å². The standard InChI is InChI=1S/C18H16N2O3/c1-22-14-7-3-12(4-8-14)16-11-19-17(18(21)20-16)13-5-9-15(23-2)10-6-13/h3-11H,1-2H3,(H,20,21). The Morgan fingerprint density at radius 1 is 0.826 bits per heavy atom. The number of nitrogens with one attached hydrogen (secondary N) is 1. The maximum absolute atomic E-state index is 12.3. The molecular formula is C18H16N2O3. The highest BCUT2D eigenvalue weighted by Crippen LogP contribution is 2.21. The molecule has 0 aliphatic heterocycles. The molecule has 1 heterocycles. The largest absolute Gasteiger partial charge is 0.497 e. The van der Waals surface area contributed by atoms with E-state index in [2.05, 4.69) is 9.97 Å². The Hall–Kier alpha value is -3.08. The van der Waals surface area contributed by atoms with Gasteiger partial charge in [-0.05, 0) is 54.1 Å². The van der Waals surface area contributed by atoms with Gasteiger partial charge in [-0.1, -0.05) is 0 Å². The normalized spacial score (nSPS) is 10.3.